The highest BCUT2D eigenvalue weighted by Gasteiger charge is 2.29. The van der Waals surface area contributed by atoms with Crippen LogP contribution in [0.1, 0.15) is 30.7 Å². The van der Waals surface area contributed by atoms with E-state index in [0.29, 0.717) is 5.91 Å². The van der Waals surface area contributed by atoms with Crippen LogP contribution in [0.25, 0.3) is 5.82 Å². The number of aromatic nitrogens is 3. The summed E-state index contributed by atoms with van der Waals surface area (Å²) in [5.74, 6) is 1.34. The molecule has 1 unspecified atom stereocenters. The fraction of sp³-hybridized carbons (Fsp3) is 0.476. The molecule has 0 aromatic carbocycles. The van der Waals surface area contributed by atoms with Gasteiger partial charge < -0.3 is 9.80 Å². The molecule has 1 aliphatic heterocycles. The predicted molar refractivity (Wildman–Crippen MR) is 106 cm³/mol. The maximum atomic E-state index is 12.8. The van der Waals surface area contributed by atoms with E-state index in [1.54, 1.807) is 6.20 Å². The average Bonchev–Trinajstić information content (AvgIpc) is 3.03. The molecule has 2 aliphatic rings. The van der Waals surface area contributed by atoms with Crippen molar-refractivity contribution in [2.24, 2.45) is 5.92 Å². The Morgan fingerprint density at radius 1 is 1.11 bits per heavy atom. The molecule has 2 aromatic heterocycles. The minimum absolute atomic E-state index is 0.178. The second-order valence-electron chi connectivity index (χ2n) is 7.41. The lowest BCUT2D eigenvalue weighted by molar-refractivity contribution is -0.136. The van der Waals surface area contributed by atoms with Crippen molar-refractivity contribution in [3.05, 3.63) is 47.9 Å². The quantitative estimate of drug-likeness (QED) is 0.785. The Hall–Kier alpha value is -2.63. The summed E-state index contributed by atoms with van der Waals surface area (Å²) >= 11 is 0. The molecule has 1 atom stereocenters. The molecule has 2 aromatic rings. The van der Waals surface area contributed by atoms with E-state index in [2.05, 4.69) is 29.0 Å². The molecule has 0 saturated carbocycles. The summed E-state index contributed by atoms with van der Waals surface area (Å²) in [4.78, 5) is 21.6. The van der Waals surface area contributed by atoms with Crippen LogP contribution in [0.3, 0.4) is 0 Å². The number of hydrogen-bond donors (Lipinski definition) is 0. The van der Waals surface area contributed by atoms with E-state index in [1.165, 1.54) is 5.69 Å². The van der Waals surface area contributed by atoms with Gasteiger partial charge in [-0.15, -0.1) is 0 Å². The number of allylic oxidation sites excluding steroid dienone is 2. The van der Waals surface area contributed by atoms with Crippen LogP contribution < -0.4 is 4.90 Å². The molecule has 1 fully saturated rings. The molecule has 142 valence electrons. The van der Waals surface area contributed by atoms with Crippen molar-refractivity contribution in [3.63, 3.8) is 0 Å². The molecule has 0 spiro atoms. The van der Waals surface area contributed by atoms with E-state index < -0.39 is 0 Å². The van der Waals surface area contributed by atoms with Crippen LogP contribution in [-0.4, -0.2) is 51.8 Å². The molecule has 1 aliphatic carbocycles. The number of rotatable bonds is 3. The monoisotopic (exact) mass is 365 g/mol. The second kappa shape index (κ2) is 7.55. The summed E-state index contributed by atoms with van der Waals surface area (Å²) in [7, 11) is 0. The van der Waals surface area contributed by atoms with Crippen molar-refractivity contribution in [3.8, 4) is 5.82 Å². The molecule has 4 rings (SSSR count). The van der Waals surface area contributed by atoms with Crippen LogP contribution in [0.15, 0.2) is 36.5 Å². The van der Waals surface area contributed by atoms with E-state index in [1.807, 2.05) is 34.7 Å². The fourth-order valence-corrected chi connectivity index (χ4v) is 4.22. The SMILES string of the molecule is Cc1nn(-c2ccccn2)c(C)c1N1CCN(C(=O)C2CC=CCC2)CC1. The summed E-state index contributed by atoms with van der Waals surface area (Å²) in [6.45, 7) is 7.41. The van der Waals surface area contributed by atoms with Gasteiger partial charge >= 0.3 is 0 Å². The van der Waals surface area contributed by atoms with Gasteiger partial charge in [0.2, 0.25) is 5.91 Å². The Morgan fingerprint density at radius 2 is 1.93 bits per heavy atom. The molecule has 6 heteroatoms. The molecule has 6 nitrogen and oxygen atoms in total. The zero-order chi connectivity index (χ0) is 18.8. The minimum Gasteiger partial charge on any atom is -0.365 e. The van der Waals surface area contributed by atoms with Gasteiger partial charge in [-0.05, 0) is 45.2 Å². The first kappa shape index (κ1) is 17.8. The third-order valence-corrected chi connectivity index (χ3v) is 5.65. The highest BCUT2D eigenvalue weighted by molar-refractivity contribution is 5.79. The summed E-state index contributed by atoms with van der Waals surface area (Å²) in [5.41, 5.74) is 3.28. The molecule has 1 saturated heterocycles. The van der Waals surface area contributed by atoms with Gasteiger partial charge in [-0.3, -0.25) is 4.79 Å². The lowest BCUT2D eigenvalue weighted by Gasteiger charge is -2.38. The van der Waals surface area contributed by atoms with E-state index in [4.69, 9.17) is 5.10 Å². The van der Waals surface area contributed by atoms with E-state index in [9.17, 15) is 4.79 Å². The smallest absolute Gasteiger partial charge is 0.226 e. The van der Waals surface area contributed by atoms with Crippen LogP contribution in [0.2, 0.25) is 0 Å². The first-order chi connectivity index (χ1) is 13.1. The Morgan fingerprint density at radius 3 is 2.59 bits per heavy atom. The molecule has 3 heterocycles. The van der Waals surface area contributed by atoms with Crippen molar-refractivity contribution in [2.45, 2.75) is 33.1 Å². The molecular weight excluding hydrogens is 338 g/mol. The Bertz CT molecular complexity index is 834. The highest BCUT2D eigenvalue weighted by atomic mass is 16.2. The van der Waals surface area contributed by atoms with Gasteiger partial charge in [-0.1, -0.05) is 18.2 Å². The second-order valence-corrected chi connectivity index (χ2v) is 7.41. The van der Waals surface area contributed by atoms with Crippen molar-refractivity contribution in [1.29, 1.82) is 0 Å². The summed E-state index contributed by atoms with van der Waals surface area (Å²) in [5, 5.41) is 4.71. The molecule has 1 amide bonds. The predicted octanol–water partition coefficient (Wildman–Crippen LogP) is 2.89. The topological polar surface area (TPSA) is 54.3 Å². The third kappa shape index (κ3) is 3.48. The maximum Gasteiger partial charge on any atom is 0.226 e. The maximum absolute atomic E-state index is 12.8. The van der Waals surface area contributed by atoms with E-state index in [0.717, 1.165) is 62.6 Å². The van der Waals surface area contributed by atoms with Gasteiger partial charge in [-0.2, -0.15) is 5.10 Å². The molecule has 0 bridgehead atoms. The summed E-state index contributed by atoms with van der Waals surface area (Å²) in [6.07, 6.45) is 9.05. The minimum atomic E-state index is 0.178. The molecule has 27 heavy (non-hydrogen) atoms. The van der Waals surface area contributed by atoms with Crippen molar-refractivity contribution >= 4 is 11.6 Å². The standard InChI is InChI=1S/C21H27N5O/c1-16-20(17(2)26(23-16)19-10-6-7-11-22-19)24-12-14-25(15-13-24)21(27)18-8-4-3-5-9-18/h3-4,6-7,10-11,18H,5,8-9,12-15H2,1-2H3. The lowest BCUT2D eigenvalue weighted by atomic mass is 9.93. The molecule has 0 N–H and O–H groups in total. The normalized spacial score (nSPS) is 20.1. The van der Waals surface area contributed by atoms with Gasteiger partial charge in [0.25, 0.3) is 0 Å². The largest absolute Gasteiger partial charge is 0.365 e. The van der Waals surface area contributed by atoms with E-state index in [-0.39, 0.29) is 5.92 Å². The zero-order valence-corrected chi connectivity index (χ0v) is 16.1. The first-order valence-corrected chi connectivity index (χ1v) is 9.81. The van der Waals surface area contributed by atoms with Gasteiger partial charge in [-0.25, -0.2) is 9.67 Å². The molecule has 0 radical (unpaired) electrons. The number of hydrogen-bond acceptors (Lipinski definition) is 4. The third-order valence-electron chi connectivity index (χ3n) is 5.65. The Kier molecular flexibility index (Phi) is 4.97. The van der Waals surface area contributed by atoms with Gasteiger partial charge in [0.15, 0.2) is 5.82 Å². The van der Waals surface area contributed by atoms with E-state index >= 15 is 0 Å². The van der Waals surface area contributed by atoms with Gasteiger partial charge in [0, 0.05) is 38.3 Å². The van der Waals surface area contributed by atoms with Crippen LogP contribution in [0, 0.1) is 19.8 Å². The van der Waals surface area contributed by atoms with Crippen molar-refractivity contribution < 1.29 is 4.79 Å². The number of pyridine rings is 1. The number of carbonyl (C=O) groups is 1. The molecular formula is C21H27N5O. The fourth-order valence-electron chi connectivity index (χ4n) is 4.22. The number of amides is 1. The van der Waals surface area contributed by atoms with Crippen molar-refractivity contribution in [1.82, 2.24) is 19.7 Å². The number of anilines is 1. The lowest BCUT2D eigenvalue weighted by Crippen LogP contribution is -2.50. The Balaban J connectivity index is 1.46. The van der Waals surface area contributed by atoms with Crippen molar-refractivity contribution in [2.75, 3.05) is 31.1 Å². The number of aryl methyl sites for hydroxylation is 1. The van der Waals surface area contributed by atoms with Gasteiger partial charge in [0.05, 0.1) is 17.1 Å². The van der Waals surface area contributed by atoms with Crippen LogP contribution in [-0.2, 0) is 4.79 Å². The average molecular weight is 365 g/mol. The number of piperazine rings is 1. The van der Waals surface area contributed by atoms with Crippen LogP contribution in [0.5, 0.6) is 0 Å². The van der Waals surface area contributed by atoms with Crippen LogP contribution >= 0.6 is 0 Å². The summed E-state index contributed by atoms with van der Waals surface area (Å²) in [6, 6.07) is 5.86. The number of carbonyl (C=O) groups excluding carboxylic acids is 1. The first-order valence-electron chi connectivity index (χ1n) is 9.81. The summed E-state index contributed by atoms with van der Waals surface area (Å²) < 4.78 is 1.91. The number of nitrogens with zero attached hydrogens (tertiary/aromatic N) is 5. The zero-order valence-electron chi connectivity index (χ0n) is 16.1. The highest BCUT2D eigenvalue weighted by Crippen LogP contribution is 2.28. The van der Waals surface area contributed by atoms with Crippen LogP contribution in [0.4, 0.5) is 5.69 Å². The van der Waals surface area contributed by atoms with Gasteiger partial charge in [0.1, 0.15) is 0 Å². The Labute approximate surface area is 160 Å².